The molecule has 5 rings (SSSR count). The van der Waals surface area contributed by atoms with Crippen LogP contribution in [0.5, 0.6) is 23.0 Å². The predicted molar refractivity (Wildman–Crippen MR) is 141 cm³/mol. The first kappa shape index (κ1) is 22.8. The highest BCUT2D eigenvalue weighted by Gasteiger charge is 2.15. The number of fused-ring (bicyclic) bond motifs is 1. The van der Waals surface area contributed by atoms with Crippen LogP contribution in [0.2, 0.25) is 0 Å². The van der Waals surface area contributed by atoms with Crippen LogP contribution in [-0.2, 0) is 6.42 Å². The normalized spacial score (nSPS) is 14.4. The van der Waals surface area contributed by atoms with Crippen LogP contribution < -0.4 is 9.47 Å². The number of benzene rings is 3. The minimum absolute atomic E-state index is 0.252. The molecule has 0 aliphatic carbocycles. The van der Waals surface area contributed by atoms with Crippen LogP contribution in [0.4, 0.5) is 0 Å². The SMILES string of the molecule is CCc1ccc(-c2ccc3cc(O)ccc3c2Oc2ccc(OCCN3CCCCC3)cc2)s1. The van der Waals surface area contributed by atoms with Crippen molar-refractivity contribution < 1.29 is 14.6 Å². The molecule has 1 fully saturated rings. The molecule has 0 saturated carbocycles. The molecule has 1 saturated heterocycles. The Bertz CT molecular complexity index is 1240. The Morgan fingerprint density at radius 1 is 0.882 bits per heavy atom. The maximum absolute atomic E-state index is 9.96. The van der Waals surface area contributed by atoms with Crippen molar-refractivity contribution in [3.63, 3.8) is 0 Å². The van der Waals surface area contributed by atoms with Crippen molar-refractivity contribution in [3.05, 3.63) is 71.6 Å². The van der Waals surface area contributed by atoms with E-state index in [2.05, 4.69) is 30.0 Å². The third kappa shape index (κ3) is 5.21. The lowest BCUT2D eigenvalue weighted by Crippen LogP contribution is -2.33. The Kier molecular flexibility index (Phi) is 7.02. The van der Waals surface area contributed by atoms with Gasteiger partial charge in [0.15, 0.2) is 0 Å². The second-order valence-electron chi connectivity index (χ2n) is 8.79. The fourth-order valence-corrected chi connectivity index (χ4v) is 5.47. The van der Waals surface area contributed by atoms with Gasteiger partial charge in [-0.05, 0) is 98.4 Å². The average Bonchev–Trinajstić information content (AvgIpc) is 3.35. The number of thiophene rings is 1. The summed E-state index contributed by atoms with van der Waals surface area (Å²) in [6.07, 6.45) is 4.96. The van der Waals surface area contributed by atoms with Gasteiger partial charge in [-0.3, -0.25) is 4.90 Å². The monoisotopic (exact) mass is 473 g/mol. The van der Waals surface area contributed by atoms with E-state index in [4.69, 9.17) is 9.47 Å². The van der Waals surface area contributed by atoms with Gasteiger partial charge in [0.25, 0.3) is 0 Å². The zero-order valence-electron chi connectivity index (χ0n) is 19.6. The lowest BCUT2D eigenvalue weighted by atomic mass is 10.0. The Hall–Kier alpha value is -3.02. The molecule has 0 atom stereocenters. The maximum Gasteiger partial charge on any atom is 0.143 e. The van der Waals surface area contributed by atoms with E-state index >= 15 is 0 Å². The fourth-order valence-electron chi connectivity index (χ4n) is 4.50. The van der Waals surface area contributed by atoms with E-state index in [1.807, 2.05) is 36.4 Å². The highest BCUT2D eigenvalue weighted by atomic mass is 32.1. The second-order valence-corrected chi connectivity index (χ2v) is 9.96. The molecule has 0 amide bonds. The van der Waals surface area contributed by atoms with Crippen LogP contribution >= 0.6 is 11.3 Å². The summed E-state index contributed by atoms with van der Waals surface area (Å²) in [7, 11) is 0. The van der Waals surface area contributed by atoms with Crippen LogP contribution in [0.3, 0.4) is 0 Å². The van der Waals surface area contributed by atoms with Crippen LogP contribution in [-0.4, -0.2) is 36.2 Å². The molecule has 34 heavy (non-hydrogen) atoms. The van der Waals surface area contributed by atoms with Crippen molar-refractivity contribution in [2.45, 2.75) is 32.6 Å². The van der Waals surface area contributed by atoms with Gasteiger partial charge in [-0.2, -0.15) is 0 Å². The van der Waals surface area contributed by atoms with E-state index in [-0.39, 0.29) is 5.75 Å². The molecule has 2 heterocycles. The zero-order valence-corrected chi connectivity index (χ0v) is 20.4. The maximum atomic E-state index is 9.96. The lowest BCUT2D eigenvalue weighted by molar-refractivity contribution is 0.183. The van der Waals surface area contributed by atoms with Gasteiger partial charge < -0.3 is 14.6 Å². The molecule has 5 heteroatoms. The van der Waals surface area contributed by atoms with Gasteiger partial charge in [0.05, 0.1) is 0 Å². The van der Waals surface area contributed by atoms with Crippen molar-refractivity contribution in [2.75, 3.05) is 26.2 Å². The van der Waals surface area contributed by atoms with E-state index in [0.717, 1.165) is 46.6 Å². The molecule has 0 spiro atoms. The topological polar surface area (TPSA) is 41.9 Å². The van der Waals surface area contributed by atoms with Crippen molar-refractivity contribution in [2.24, 2.45) is 0 Å². The predicted octanol–water partition coefficient (Wildman–Crippen LogP) is 7.49. The van der Waals surface area contributed by atoms with E-state index < -0.39 is 0 Å². The number of ether oxygens (including phenoxy) is 2. The molecule has 0 unspecified atom stereocenters. The Morgan fingerprint density at radius 3 is 2.44 bits per heavy atom. The second kappa shape index (κ2) is 10.5. The molecule has 3 aromatic carbocycles. The molecule has 0 bridgehead atoms. The first-order chi connectivity index (χ1) is 16.7. The quantitative estimate of drug-likeness (QED) is 0.288. The van der Waals surface area contributed by atoms with E-state index in [9.17, 15) is 5.11 Å². The van der Waals surface area contributed by atoms with Gasteiger partial charge in [0.1, 0.15) is 29.6 Å². The Morgan fingerprint density at radius 2 is 1.68 bits per heavy atom. The number of phenols is 1. The summed E-state index contributed by atoms with van der Waals surface area (Å²) in [5, 5.41) is 11.9. The van der Waals surface area contributed by atoms with Gasteiger partial charge in [-0.1, -0.05) is 19.4 Å². The smallest absolute Gasteiger partial charge is 0.143 e. The van der Waals surface area contributed by atoms with Crippen molar-refractivity contribution in [1.29, 1.82) is 0 Å². The van der Waals surface area contributed by atoms with Gasteiger partial charge >= 0.3 is 0 Å². The number of aromatic hydroxyl groups is 1. The number of aryl methyl sites for hydroxylation is 1. The zero-order chi connectivity index (χ0) is 23.3. The largest absolute Gasteiger partial charge is 0.508 e. The standard InChI is InChI=1S/C29H31NO3S/c1-2-25-12-15-28(34-25)27-13-6-21-20-22(31)7-14-26(21)29(27)33-24-10-8-23(9-11-24)32-19-18-30-16-4-3-5-17-30/h6-15,20,31H,2-5,16-19H2,1H3. The van der Waals surface area contributed by atoms with Crippen LogP contribution in [0, 0.1) is 0 Å². The number of likely N-dealkylation sites (tertiary alicyclic amines) is 1. The number of hydrogen-bond donors (Lipinski definition) is 1. The molecular weight excluding hydrogens is 442 g/mol. The first-order valence-corrected chi connectivity index (χ1v) is 13.0. The summed E-state index contributed by atoms with van der Waals surface area (Å²) in [6, 6.07) is 21.8. The Balaban J connectivity index is 1.36. The number of phenolic OH excluding ortho intramolecular Hbond substituents is 1. The van der Waals surface area contributed by atoms with E-state index in [0.29, 0.717) is 6.61 Å². The number of nitrogens with zero attached hydrogens (tertiary/aromatic N) is 1. The summed E-state index contributed by atoms with van der Waals surface area (Å²) in [5.41, 5.74) is 1.06. The van der Waals surface area contributed by atoms with Gasteiger partial charge in [0.2, 0.25) is 0 Å². The molecule has 1 aromatic heterocycles. The fraction of sp³-hybridized carbons (Fsp3) is 0.310. The average molecular weight is 474 g/mol. The summed E-state index contributed by atoms with van der Waals surface area (Å²) >= 11 is 1.79. The number of hydrogen-bond acceptors (Lipinski definition) is 5. The third-order valence-corrected chi connectivity index (χ3v) is 7.66. The summed E-state index contributed by atoms with van der Waals surface area (Å²) in [5.74, 6) is 2.68. The highest BCUT2D eigenvalue weighted by molar-refractivity contribution is 7.15. The molecular formula is C29H31NO3S. The van der Waals surface area contributed by atoms with Crippen LogP contribution in [0.25, 0.3) is 21.2 Å². The minimum Gasteiger partial charge on any atom is -0.508 e. The van der Waals surface area contributed by atoms with Crippen LogP contribution in [0.1, 0.15) is 31.1 Å². The van der Waals surface area contributed by atoms with E-state index in [1.165, 1.54) is 42.1 Å². The van der Waals surface area contributed by atoms with Crippen molar-refractivity contribution in [1.82, 2.24) is 4.90 Å². The molecule has 176 valence electrons. The van der Waals surface area contributed by atoms with Gasteiger partial charge in [0, 0.05) is 27.2 Å². The minimum atomic E-state index is 0.252. The summed E-state index contributed by atoms with van der Waals surface area (Å²) < 4.78 is 12.5. The van der Waals surface area contributed by atoms with E-state index in [1.54, 1.807) is 23.5 Å². The lowest BCUT2D eigenvalue weighted by Gasteiger charge is -2.26. The summed E-state index contributed by atoms with van der Waals surface area (Å²) in [4.78, 5) is 5.01. The Labute approximate surface area is 205 Å². The molecule has 0 radical (unpaired) electrons. The molecule has 4 aromatic rings. The van der Waals surface area contributed by atoms with Gasteiger partial charge in [-0.15, -0.1) is 11.3 Å². The van der Waals surface area contributed by atoms with Crippen LogP contribution in [0.15, 0.2) is 66.7 Å². The third-order valence-electron chi connectivity index (χ3n) is 6.40. The first-order valence-electron chi connectivity index (χ1n) is 12.2. The molecule has 4 nitrogen and oxygen atoms in total. The summed E-state index contributed by atoms with van der Waals surface area (Å²) in [6.45, 7) is 6.23. The number of rotatable bonds is 8. The van der Waals surface area contributed by atoms with Crippen molar-refractivity contribution in [3.8, 4) is 33.4 Å². The van der Waals surface area contributed by atoms with Gasteiger partial charge in [-0.25, -0.2) is 0 Å². The van der Waals surface area contributed by atoms with Crippen molar-refractivity contribution >= 4 is 22.1 Å². The molecule has 1 aliphatic heterocycles. The highest BCUT2D eigenvalue weighted by Crippen LogP contribution is 2.43. The molecule has 1 N–H and O–H groups in total. The number of piperidine rings is 1. The molecule has 1 aliphatic rings.